The van der Waals surface area contributed by atoms with Gasteiger partial charge in [0, 0.05) is 11.3 Å². The maximum absolute atomic E-state index is 6.95. The fraction of sp³-hybridized carbons (Fsp3) is 0.320. The van der Waals surface area contributed by atoms with Crippen LogP contribution in [0.2, 0.25) is 0 Å². The Kier molecular flexibility index (Phi) is 7.40. The molecule has 0 N–H and O–H groups in total. The van der Waals surface area contributed by atoms with E-state index < -0.39 is 0 Å². The van der Waals surface area contributed by atoms with Crippen molar-refractivity contribution in [2.45, 2.75) is 94.5 Å². The van der Waals surface area contributed by atoms with E-state index in [2.05, 4.69) is 135 Å². The lowest BCUT2D eigenvalue weighted by Crippen LogP contribution is -2.36. The predicted molar refractivity (Wildman–Crippen MR) is 211 cm³/mol. The van der Waals surface area contributed by atoms with Crippen LogP contribution in [0, 0.1) is 6.92 Å². The third-order valence-electron chi connectivity index (χ3n) is 13.6. The van der Waals surface area contributed by atoms with E-state index in [9.17, 15) is 0 Å². The molecule has 4 aliphatic carbocycles. The molecule has 1 saturated carbocycles. The molecule has 2 fully saturated rings. The Bertz CT molecular complexity index is 2200. The Hall–Kier alpha value is -4.46. The minimum atomic E-state index is -0.260. The molecule has 10 rings (SSSR count). The highest BCUT2D eigenvalue weighted by Crippen LogP contribution is 2.58. The van der Waals surface area contributed by atoms with Crippen molar-refractivity contribution in [1.29, 1.82) is 0 Å². The maximum Gasteiger partial charge on any atom is 0.119 e. The van der Waals surface area contributed by atoms with Crippen LogP contribution in [0.1, 0.15) is 115 Å². The Balaban J connectivity index is 0.823. The van der Waals surface area contributed by atoms with Gasteiger partial charge in [-0.05, 0) is 143 Å². The lowest BCUT2D eigenvalue weighted by molar-refractivity contribution is -0.0615. The van der Waals surface area contributed by atoms with Crippen LogP contribution in [0.3, 0.4) is 0 Å². The van der Waals surface area contributed by atoms with Crippen LogP contribution in [0.4, 0.5) is 0 Å². The number of fused-ring (bicyclic) bond motifs is 9. The summed E-state index contributed by atoms with van der Waals surface area (Å²) in [5.41, 5.74) is 20.1. The highest BCUT2D eigenvalue weighted by molar-refractivity contribution is 5.83. The van der Waals surface area contributed by atoms with Crippen molar-refractivity contribution in [3.8, 4) is 22.3 Å². The van der Waals surface area contributed by atoms with Gasteiger partial charge in [-0.15, -0.1) is 0 Å². The summed E-state index contributed by atoms with van der Waals surface area (Å²) >= 11 is 0. The van der Waals surface area contributed by atoms with Gasteiger partial charge in [-0.3, -0.25) is 0 Å². The van der Waals surface area contributed by atoms with Gasteiger partial charge < -0.3 is 4.74 Å². The molecule has 1 nitrogen and oxygen atoms in total. The summed E-state index contributed by atoms with van der Waals surface area (Å²) in [6.45, 7) is 5.28. The largest absolute Gasteiger partial charge is 0.365 e. The molecule has 2 spiro atoms. The number of ether oxygens (including phenoxy) is 1. The van der Waals surface area contributed by atoms with E-state index in [0.29, 0.717) is 11.8 Å². The second-order valence-electron chi connectivity index (χ2n) is 16.1. The summed E-state index contributed by atoms with van der Waals surface area (Å²) in [5.74, 6) is 1.06. The Labute approximate surface area is 304 Å². The topological polar surface area (TPSA) is 9.23 Å². The maximum atomic E-state index is 6.95. The molecule has 1 heteroatoms. The predicted octanol–water partition coefficient (Wildman–Crippen LogP) is 12.8. The second kappa shape index (κ2) is 12.1. The van der Waals surface area contributed by atoms with Crippen LogP contribution in [-0.2, 0) is 22.2 Å². The molecule has 51 heavy (non-hydrogen) atoms. The Morgan fingerprint density at radius 1 is 0.647 bits per heavy atom. The van der Waals surface area contributed by atoms with E-state index in [4.69, 9.17) is 4.74 Å². The first-order valence-electron chi connectivity index (χ1n) is 19.7. The summed E-state index contributed by atoms with van der Waals surface area (Å²) in [5, 5.41) is 0. The van der Waals surface area contributed by atoms with Crippen molar-refractivity contribution >= 4 is 5.57 Å². The standard InChI is InChI=1S/C50H48O/c1-3-34-13-23-46-44(31-34)43-30-33(2)12-22-45(43)49(46)27-24-39(25-28-49)37-16-14-35(15-17-37)36-18-20-38(21-19-36)40-26-29-50(51-32-40)47-10-6-4-8-41(47)42-9-5-7-11-48(42)50/h4,6-8,10-23,30-31,39-40H,3,5,9,24-29,32H2,1-2H3. The fourth-order valence-corrected chi connectivity index (χ4v) is 10.8. The monoisotopic (exact) mass is 664 g/mol. The van der Waals surface area contributed by atoms with Gasteiger partial charge in [0.2, 0.25) is 0 Å². The molecule has 1 heterocycles. The van der Waals surface area contributed by atoms with E-state index in [-0.39, 0.29) is 11.0 Å². The van der Waals surface area contributed by atoms with Crippen LogP contribution in [0.25, 0.3) is 27.8 Å². The van der Waals surface area contributed by atoms with Crippen molar-refractivity contribution in [1.82, 2.24) is 0 Å². The molecule has 254 valence electrons. The number of aryl methyl sites for hydroxylation is 2. The molecule has 2 unspecified atom stereocenters. The fourth-order valence-electron chi connectivity index (χ4n) is 10.8. The lowest BCUT2D eigenvalue weighted by atomic mass is 9.64. The minimum Gasteiger partial charge on any atom is -0.365 e. The summed E-state index contributed by atoms with van der Waals surface area (Å²) in [4.78, 5) is 0. The number of hydrogen-bond donors (Lipinski definition) is 0. The molecule has 0 bridgehead atoms. The van der Waals surface area contributed by atoms with Crippen LogP contribution < -0.4 is 0 Å². The second-order valence-corrected chi connectivity index (χ2v) is 16.1. The minimum absolute atomic E-state index is 0.168. The summed E-state index contributed by atoms with van der Waals surface area (Å²) < 4.78 is 6.95. The molecule has 5 aromatic rings. The van der Waals surface area contributed by atoms with Crippen molar-refractivity contribution < 1.29 is 4.74 Å². The third kappa shape index (κ3) is 4.84. The highest BCUT2D eigenvalue weighted by atomic mass is 16.5. The first-order valence-corrected chi connectivity index (χ1v) is 19.7. The van der Waals surface area contributed by atoms with Gasteiger partial charge in [-0.1, -0.05) is 134 Å². The molecule has 0 radical (unpaired) electrons. The van der Waals surface area contributed by atoms with Gasteiger partial charge in [0.05, 0.1) is 6.61 Å². The van der Waals surface area contributed by atoms with Crippen LogP contribution in [0.5, 0.6) is 0 Å². The van der Waals surface area contributed by atoms with Crippen molar-refractivity contribution in [2.24, 2.45) is 0 Å². The molecule has 0 aromatic heterocycles. The molecular weight excluding hydrogens is 617 g/mol. The van der Waals surface area contributed by atoms with Crippen LogP contribution in [0.15, 0.2) is 127 Å². The quantitative estimate of drug-likeness (QED) is 0.186. The van der Waals surface area contributed by atoms with E-state index >= 15 is 0 Å². The van der Waals surface area contributed by atoms with E-state index in [1.165, 1.54) is 92.5 Å². The average molecular weight is 665 g/mol. The van der Waals surface area contributed by atoms with E-state index in [1.54, 1.807) is 11.1 Å². The number of allylic oxidation sites excluding steroid dienone is 2. The Morgan fingerprint density at radius 3 is 2.02 bits per heavy atom. The average Bonchev–Trinajstić information content (AvgIpc) is 3.61. The molecule has 5 aliphatic rings. The van der Waals surface area contributed by atoms with Gasteiger partial charge >= 0.3 is 0 Å². The highest BCUT2D eigenvalue weighted by Gasteiger charge is 2.48. The molecule has 1 aliphatic heterocycles. The molecule has 1 saturated heterocycles. The number of hydrogen-bond acceptors (Lipinski definition) is 1. The molecular formula is C50H48O. The molecule has 0 amide bonds. The Morgan fingerprint density at radius 2 is 1.31 bits per heavy atom. The van der Waals surface area contributed by atoms with Gasteiger partial charge in [0.25, 0.3) is 0 Å². The van der Waals surface area contributed by atoms with Gasteiger partial charge in [-0.2, -0.15) is 0 Å². The van der Waals surface area contributed by atoms with Gasteiger partial charge in [-0.25, -0.2) is 0 Å². The molecule has 2 atom stereocenters. The number of rotatable bonds is 4. The zero-order valence-electron chi connectivity index (χ0n) is 30.2. The smallest absolute Gasteiger partial charge is 0.119 e. The van der Waals surface area contributed by atoms with Crippen molar-refractivity contribution in [2.75, 3.05) is 6.61 Å². The summed E-state index contributed by atoms with van der Waals surface area (Å²) in [6, 6.07) is 42.4. The van der Waals surface area contributed by atoms with Gasteiger partial charge in [0.1, 0.15) is 5.60 Å². The van der Waals surface area contributed by atoms with Gasteiger partial charge in [0.15, 0.2) is 0 Å². The van der Waals surface area contributed by atoms with Crippen molar-refractivity contribution in [3.63, 3.8) is 0 Å². The third-order valence-corrected chi connectivity index (χ3v) is 13.6. The van der Waals surface area contributed by atoms with Crippen molar-refractivity contribution in [3.05, 3.63) is 171 Å². The molecule has 5 aromatic carbocycles. The van der Waals surface area contributed by atoms with Crippen LogP contribution >= 0.6 is 0 Å². The SMILES string of the molecule is CCc1ccc2c(c1)-c1cc(C)ccc1C21CCC(c2ccc(-c3ccc(C4CCC5(OC4)C4=C(CCC=C4)c4ccccc45)cc3)cc2)CC1. The van der Waals surface area contributed by atoms with E-state index in [1.807, 2.05) is 0 Å². The first kappa shape index (κ1) is 31.3. The van der Waals surface area contributed by atoms with E-state index in [0.717, 1.165) is 38.7 Å². The summed E-state index contributed by atoms with van der Waals surface area (Å²) in [7, 11) is 0. The zero-order valence-corrected chi connectivity index (χ0v) is 30.2. The first-order chi connectivity index (χ1) is 25.1. The normalized spacial score (nSPS) is 25.9. The zero-order chi connectivity index (χ0) is 34.2. The van der Waals surface area contributed by atoms with Crippen LogP contribution in [-0.4, -0.2) is 6.61 Å². The number of benzene rings is 5. The lowest BCUT2D eigenvalue weighted by Gasteiger charge is -2.40. The summed E-state index contributed by atoms with van der Waals surface area (Å²) in [6.07, 6.45) is 15.2.